The van der Waals surface area contributed by atoms with Crippen molar-refractivity contribution in [3.63, 3.8) is 0 Å². The third-order valence-electron chi connectivity index (χ3n) is 3.91. The quantitative estimate of drug-likeness (QED) is 0.411. The summed E-state index contributed by atoms with van der Waals surface area (Å²) in [4.78, 5) is 12.0. The lowest BCUT2D eigenvalue weighted by atomic mass is 10.0. The van der Waals surface area contributed by atoms with Crippen molar-refractivity contribution < 1.29 is 14.3 Å². The predicted molar refractivity (Wildman–Crippen MR) is 109 cm³/mol. The van der Waals surface area contributed by atoms with E-state index in [1.807, 2.05) is 43.3 Å². The number of aryl methyl sites for hydroxylation is 1. The molecule has 5 nitrogen and oxygen atoms in total. The number of carbonyl (C=O) groups excluding carboxylic acids is 1. The molecule has 27 heavy (non-hydrogen) atoms. The van der Waals surface area contributed by atoms with Crippen molar-refractivity contribution in [2.75, 3.05) is 13.2 Å². The van der Waals surface area contributed by atoms with Gasteiger partial charge < -0.3 is 9.47 Å². The molecule has 0 fully saturated rings. The highest BCUT2D eigenvalue weighted by molar-refractivity contribution is 5.85. The summed E-state index contributed by atoms with van der Waals surface area (Å²) in [6.45, 7) is 10.1. The van der Waals surface area contributed by atoms with Crippen LogP contribution in [0.2, 0.25) is 0 Å². The summed E-state index contributed by atoms with van der Waals surface area (Å²) < 4.78 is 11.2. The maximum Gasteiger partial charge on any atom is 0.277 e. The molecule has 0 radical (unpaired) electrons. The molecule has 0 atom stereocenters. The van der Waals surface area contributed by atoms with Gasteiger partial charge in [-0.05, 0) is 42.2 Å². The smallest absolute Gasteiger partial charge is 0.277 e. The number of hydrazone groups is 1. The Morgan fingerprint density at radius 2 is 1.96 bits per heavy atom. The molecule has 5 heteroatoms. The first kappa shape index (κ1) is 20.2. The second-order valence-corrected chi connectivity index (χ2v) is 6.40. The maximum atomic E-state index is 12.0. The molecular weight excluding hydrogens is 340 g/mol. The van der Waals surface area contributed by atoms with Gasteiger partial charge in [0.25, 0.3) is 5.91 Å². The largest absolute Gasteiger partial charge is 0.489 e. The summed E-state index contributed by atoms with van der Waals surface area (Å²) >= 11 is 0. The molecule has 2 aromatic carbocycles. The van der Waals surface area contributed by atoms with Gasteiger partial charge >= 0.3 is 0 Å². The van der Waals surface area contributed by atoms with Crippen molar-refractivity contribution in [2.24, 2.45) is 5.10 Å². The van der Waals surface area contributed by atoms with E-state index in [4.69, 9.17) is 9.47 Å². The third-order valence-corrected chi connectivity index (χ3v) is 3.91. The molecule has 0 bridgehead atoms. The highest BCUT2D eigenvalue weighted by atomic mass is 16.5. The Morgan fingerprint density at radius 1 is 1.19 bits per heavy atom. The van der Waals surface area contributed by atoms with Gasteiger partial charge in [0.1, 0.15) is 18.1 Å². The summed E-state index contributed by atoms with van der Waals surface area (Å²) in [5.41, 5.74) is 5.40. The topological polar surface area (TPSA) is 59.9 Å². The van der Waals surface area contributed by atoms with Crippen LogP contribution in [0.4, 0.5) is 0 Å². The molecule has 0 spiro atoms. The van der Waals surface area contributed by atoms with Crippen LogP contribution in [0.15, 0.2) is 60.2 Å². The molecular formula is C22H26N2O3. The van der Waals surface area contributed by atoms with Gasteiger partial charge in [-0.25, -0.2) is 5.43 Å². The van der Waals surface area contributed by atoms with Crippen LogP contribution in [0, 0.1) is 6.92 Å². The number of para-hydroxylation sites is 1. The molecule has 1 N–H and O–H groups in total. The minimum absolute atomic E-state index is 0.103. The van der Waals surface area contributed by atoms with Gasteiger partial charge in [-0.3, -0.25) is 4.79 Å². The number of hydrogen-bond donors (Lipinski definition) is 1. The van der Waals surface area contributed by atoms with E-state index in [0.717, 1.165) is 11.1 Å². The molecule has 0 heterocycles. The van der Waals surface area contributed by atoms with Gasteiger partial charge in [0.2, 0.25) is 0 Å². The van der Waals surface area contributed by atoms with Crippen molar-refractivity contribution >= 4 is 12.1 Å². The Labute approximate surface area is 160 Å². The number of benzene rings is 2. The molecule has 0 aliphatic heterocycles. The summed E-state index contributed by atoms with van der Waals surface area (Å²) in [5.74, 6) is 1.45. The van der Waals surface area contributed by atoms with Crippen LogP contribution < -0.4 is 14.9 Å². The first-order valence-corrected chi connectivity index (χ1v) is 8.89. The number of nitrogens with zero attached hydrogens (tertiary/aromatic N) is 1. The first-order valence-electron chi connectivity index (χ1n) is 8.89. The second kappa shape index (κ2) is 10.2. The van der Waals surface area contributed by atoms with Gasteiger partial charge in [-0.15, -0.1) is 0 Å². The van der Waals surface area contributed by atoms with E-state index in [2.05, 4.69) is 37.0 Å². The molecule has 2 rings (SSSR count). The second-order valence-electron chi connectivity index (χ2n) is 6.40. The van der Waals surface area contributed by atoms with Crippen LogP contribution in [0.3, 0.4) is 0 Å². The zero-order chi connectivity index (χ0) is 19.6. The summed E-state index contributed by atoms with van der Waals surface area (Å²) in [6.07, 6.45) is 3.21. The van der Waals surface area contributed by atoms with E-state index in [0.29, 0.717) is 24.0 Å². The average molecular weight is 366 g/mol. The van der Waals surface area contributed by atoms with E-state index in [9.17, 15) is 4.79 Å². The van der Waals surface area contributed by atoms with Crippen molar-refractivity contribution in [3.05, 3.63) is 71.8 Å². The van der Waals surface area contributed by atoms with E-state index >= 15 is 0 Å². The molecule has 0 unspecified atom stereocenters. The molecule has 0 saturated heterocycles. The first-order chi connectivity index (χ1) is 13.0. The fourth-order valence-electron chi connectivity index (χ4n) is 2.35. The molecule has 0 saturated carbocycles. The van der Waals surface area contributed by atoms with Gasteiger partial charge in [0.05, 0.1) is 6.21 Å². The van der Waals surface area contributed by atoms with Crippen molar-refractivity contribution in [3.8, 4) is 11.5 Å². The molecule has 1 amide bonds. The number of amides is 1. The van der Waals surface area contributed by atoms with E-state index in [1.54, 1.807) is 12.3 Å². The summed E-state index contributed by atoms with van der Waals surface area (Å²) in [7, 11) is 0. The van der Waals surface area contributed by atoms with Crippen LogP contribution in [0.25, 0.3) is 0 Å². The highest BCUT2D eigenvalue weighted by Gasteiger charge is 2.07. The Kier molecular flexibility index (Phi) is 7.62. The highest BCUT2D eigenvalue weighted by Crippen LogP contribution is 2.24. The van der Waals surface area contributed by atoms with Gasteiger partial charge in [0, 0.05) is 5.56 Å². The number of hydrogen-bond acceptors (Lipinski definition) is 4. The monoisotopic (exact) mass is 366 g/mol. The van der Waals surface area contributed by atoms with Crippen LogP contribution >= 0.6 is 0 Å². The lowest BCUT2D eigenvalue weighted by Gasteiger charge is -2.12. The number of carbonyl (C=O) groups is 1. The third kappa shape index (κ3) is 6.29. The van der Waals surface area contributed by atoms with E-state index in [-0.39, 0.29) is 12.5 Å². The number of nitrogens with one attached hydrogen (secondary N) is 1. The van der Waals surface area contributed by atoms with Crippen LogP contribution in [-0.4, -0.2) is 25.3 Å². The Balaban J connectivity index is 1.91. The fraction of sp³-hybridized carbons (Fsp3) is 0.273. The van der Waals surface area contributed by atoms with Crippen LogP contribution in [0.1, 0.15) is 36.5 Å². The van der Waals surface area contributed by atoms with E-state index in [1.165, 1.54) is 5.56 Å². The maximum absolute atomic E-state index is 12.0. The fourth-order valence-corrected chi connectivity index (χ4v) is 2.35. The predicted octanol–water partition coefficient (Wildman–Crippen LogP) is 4.21. The molecule has 2 aromatic rings. The number of ether oxygens (including phenoxy) is 2. The molecule has 142 valence electrons. The Hall–Kier alpha value is -3.08. The van der Waals surface area contributed by atoms with Gasteiger partial charge in [-0.1, -0.05) is 50.8 Å². The van der Waals surface area contributed by atoms with Crippen LogP contribution in [-0.2, 0) is 4.79 Å². The lowest BCUT2D eigenvalue weighted by molar-refractivity contribution is -0.123. The van der Waals surface area contributed by atoms with Crippen LogP contribution in [0.5, 0.6) is 11.5 Å². The molecule has 0 aliphatic rings. The van der Waals surface area contributed by atoms with Crippen molar-refractivity contribution in [2.45, 2.75) is 26.7 Å². The van der Waals surface area contributed by atoms with Gasteiger partial charge in [0.15, 0.2) is 6.61 Å². The minimum atomic E-state index is -0.329. The van der Waals surface area contributed by atoms with Gasteiger partial charge in [-0.2, -0.15) is 5.10 Å². The van der Waals surface area contributed by atoms with E-state index < -0.39 is 0 Å². The Morgan fingerprint density at radius 3 is 2.70 bits per heavy atom. The standard InChI is InChI=1S/C22H26N2O3/c1-5-12-26-20-9-7-6-8-19(20)14-23-24-22(25)15-27-21-13-18(16(2)3)11-10-17(21)4/h5-11,13-14,16H,1,12,15H2,2-4H3,(H,24,25)/b23-14+. The zero-order valence-corrected chi connectivity index (χ0v) is 16.1. The lowest BCUT2D eigenvalue weighted by Crippen LogP contribution is -2.24. The van der Waals surface area contributed by atoms with Crippen molar-refractivity contribution in [1.29, 1.82) is 0 Å². The average Bonchev–Trinajstić information content (AvgIpc) is 2.66. The molecule has 0 aliphatic carbocycles. The minimum Gasteiger partial charge on any atom is -0.489 e. The zero-order valence-electron chi connectivity index (χ0n) is 16.1. The summed E-state index contributed by atoms with van der Waals surface area (Å²) in [5, 5.41) is 3.98. The SMILES string of the molecule is C=CCOc1ccccc1/C=N/NC(=O)COc1cc(C(C)C)ccc1C. The Bertz CT molecular complexity index is 813. The molecule has 0 aromatic heterocycles. The van der Waals surface area contributed by atoms with Crippen molar-refractivity contribution in [1.82, 2.24) is 5.43 Å². The number of rotatable bonds is 9. The summed E-state index contributed by atoms with van der Waals surface area (Å²) in [6, 6.07) is 13.5. The normalized spacial score (nSPS) is 10.8.